The van der Waals surface area contributed by atoms with E-state index in [1.54, 1.807) is 0 Å². The Morgan fingerprint density at radius 3 is 2.45 bits per heavy atom. The zero-order valence-corrected chi connectivity index (χ0v) is 7.87. The van der Waals surface area contributed by atoms with Gasteiger partial charge in [0.15, 0.2) is 0 Å². The highest BCUT2D eigenvalue weighted by molar-refractivity contribution is 7.85. The van der Waals surface area contributed by atoms with E-state index in [2.05, 4.69) is 17.9 Å². The second-order valence-electron chi connectivity index (χ2n) is 2.11. The molecule has 68 valence electrons. The number of thiol groups is 1. The van der Waals surface area contributed by atoms with Crippen molar-refractivity contribution in [1.29, 1.82) is 0 Å². The average molecular weight is 199 g/mol. The third kappa shape index (κ3) is 10.2. The molecular weight excluding hydrogens is 186 g/mol. The fourth-order valence-electron chi connectivity index (χ4n) is 0.584. The van der Waals surface area contributed by atoms with Crippen LogP contribution in [0.3, 0.4) is 0 Å². The Morgan fingerprint density at radius 1 is 1.36 bits per heavy atom. The Balaban J connectivity index is 3.16. The lowest BCUT2D eigenvalue weighted by atomic mass is 10.5. The molecule has 11 heavy (non-hydrogen) atoms. The molecule has 0 saturated carbocycles. The second-order valence-corrected chi connectivity index (χ2v) is 4.13. The molecule has 0 atom stereocenters. The van der Waals surface area contributed by atoms with Crippen LogP contribution in [0, 0.1) is 0 Å². The van der Waals surface area contributed by atoms with E-state index < -0.39 is 10.1 Å². The summed E-state index contributed by atoms with van der Waals surface area (Å²) in [5, 5.41) is 2.96. The summed E-state index contributed by atoms with van der Waals surface area (Å²) < 4.78 is 28.7. The van der Waals surface area contributed by atoms with Crippen LogP contribution in [0.1, 0.15) is 6.42 Å². The Kier molecular flexibility index (Phi) is 5.93. The number of rotatable bonds is 6. The molecule has 0 heterocycles. The van der Waals surface area contributed by atoms with Gasteiger partial charge < -0.3 is 5.32 Å². The highest BCUT2D eigenvalue weighted by Gasteiger charge is 2.01. The van der Waals surface area contributed by atoms with Crippen molar-refractivity contribution in [2.24, 2.45) is 0 Å². The highest BCUT2D eigenvalue weighted by atomic mass is 32.2. The smallest absolute Gasteiger partial charge is 0.264 e. The van der Waals surface area contributed by atoms with Crippen LogP contribution in [-0.2, 0) is 10.1 Å². The van der Waals surface area contributed by atoms with Crippen LogP contribution in [0.15, 0.2) is 0 Å². The topological polar surface area (TPSA) is 66.4 Å². The minimum atomic E-state index is -3.77. The van der Waals surface area contributed by atoms with Gasteiger partial charge in [0, 0.05) is 12.3 Å². The molecule has 0 aromatic rings. The van der Waals surface area contributed by atoms with Crippen LogP contribution in [0.4, 0.5) is 0 Å². The zero-order chi connectivity index (χ0) is 8.74. The number of hydrogen-bond donors (Lipinski definition) is 3. The van der Waals surface area contributed by atoms with Crippen molar-refractivity contribution in [2.75, 3.05) is 24.6 Å². The summed E-state index contributed by atoms with van der Waals surface area (Å²) in [6.07, 6.45) is 0.437. The minimum Gasteiger partial charge on any atom is -0.316 e. The first kappa shape index (κ1) is 11.2. The van der Waals surface area contributed by atoms with Crippen molar-refractivity contribution in [3.8, 4) is 0 Å². The van der Waals surface area contributed by atoms with Crippen molar-refractivity contribution in [3.63, 3.8) is 0 Å². The predicted octanol–water partition coefficient (Wildman–Crippen LogP) is -0.216. The number of nitrogens with one attached hydrogen (secondary N) is 1. The van der Waals surface area contributed by atoms with Crippen LogP contribution in [0.25, 0.3) is 0 Å². The van der Waals surface area contributed by atoms with Crippen LogP contribution in [0.2, 0.25) is 0 Å². The van der Waals surface area contributed by atoms with Gasteiger partial charge in [-0.3, -0.25) is 4.55 Å². The predicted molar refractivity (Wildman–Crippen MR) is 47.8 cm³/mol. The fourth-order valence-corrected chi connectivity index (χ4v) is 1.25. The van der Waals surface area contributed by atoms with Crippen molar-refractivity contribution in [1.82, 2.24) is 5.32 Å². The van der Waals surface area contributed by atoms with E-state index in [1.807, 2.05) is 0 Å². The van der Waals surface area contributed by atoms with Gasteiger partial charge in [0.2, 0.25) is 0 Å². The molecule has 0 aromatic carbocycles. The zero-order valence-electron chi connectivity index (χ0n) is 6.15. The van der Waals surface area contributed by atoms with Gasteiger partial charge in [-0.2, -0.15) is 21.0 Å². The first-order valence-electron chi connectivity index (χ1n) is 3.33. The summed E-state index contributed by atoms with van der Waals surface area (Å²) in [5.41, 5.74) is 0. The maximum Gasteiger partial charge on any atom is 0.264 e. The first-order valence-corrected chi connectivity index (χ1v) is 5.57. The Bertz CT molecular complexity index is 178. The summed E-state index contributed by atoms with van der Waals surface area (Å²) in [6, 6.07) is 0. The van der Waals surface area contributed by atoms with Gasteiger partial charge in [0.1, 0.15) is 0 Å². The lowest BCUT2D eigenvalue weighted by Gasteiger charge is -1.99. The molecule has 0 aromatic heterocycles. The molecular formula is C5H13NO3S2. The molecule has 0 aliphatic carbocycles. The summed E-state index contributed by atoms with van der Waals surface area (Å²) in [4.78, 5) is 0. The molecule has 0 unspecified atom stereocenters. The van der Waals surface area contributed by atoms with E-state index in [9.17, 15) is 8.42 Å². The molecule has 0 spiro atoms. The van der Waals surface area contributed by atoms with Crippen molar-refractivity contribution >= 4 is 22.7 Å². The normalized spacial score (nSPS) is 11.8. The maximum absolute atomic E-state index is 10.2. The van der Waals surface area contributed by atoms with Crippen molar-refractivity contribution in [2.45, 2.75) is 6.42 Å². The highest BCUT2D eigenvalue weighted by Crippen LogP contribution is 1.85. The SMILES string of the molecule is O=S(=O)(O)CCCNCCS. The molecule has 0 bridgehead atoms. The van der Waals surface area contributed by atoms with Crippen molar-refractivity contribution in [3.05, 3.63) is 0 Å². The van der Waals surface area contributed by atoms with Crippen LogP contribution >= 0.6 is 12.6 Å². The monoisotopic (exact) mass is 199 g/mol. The van der Waals surface area contributed by atoms with Gasteiger partial charge in [0.05, 0.1) is 5.75 Å². The Morgan fingerprint density at radius 2 is 2.00 bits per heavy atom. The lowest BCUT2D eigenvalue weighted by molar-refractivity contribution is 0.480. The van der Waals surface area contributed by atoms with Crippen molar-refractivity contribution < 1.29 is 13.0 Å². The van der Waals surface area contributed by atoms with Crippen LogP contribution in [-0.4, -0.2) is 37.6 Å². The van der Waals surface area contributed by atoms with Gasteiger partial charge in [-0.05, 0) is 13.0 Å². The molecule has 0 rings (SSSR count). The standard InChI is InChI=1S/C5H13NO3S2/c7-11(8,9)5-1-2-6-3-4-10/h6,10H,1-5H2,(H,7,8,9). The minimum absolute atomic E-state index is 0.174. The van der Waals surface area contributed by atoms with E-state index >= 15 is 0 Å². The molecule has 0 radical (unpaired) electrons. The van der Waals surface area contributed by atoms with Crippen LogP contribution in [0.5, 0.6) is 0 Å². The van der Waals surface area contributed by atoms with Gasteiger partial charge in [-0.1, -0.05) is 0 Å². The molecule has 4 nitrogen and oxygen atoms in total. The van der Waals surface area contributed by atoms with E-state index in [0.717, 1.165) is 12.3 Å². The molecule has 0 aliphatic heterocycles. The first-order chi connectivity index (χ1) is 5.06. The van der Waals surface area contributed by atoms with E-state index in [4.69, 9.17) is 4.55 Å². The summed E-state index contributed by atoms with van der Waals surface area (Å²) in [6.45, 7) is 1.36. The summed E-state index contributed by atoms with van der Waals surface area (Å²) in [7, 11) is -3.77. The quantitative estimate of drug-likeness (QED) is 0.314. The Labute approximate surface area is 72.5 Å². The Hall–Kier alpha value is 0.220. The second kappa shape index (κ2) is 5.82. The maximum atomic E-state index is 10.2. The van der Waals surface area contributed by atoms with Gasteiger partial charge in [0.25, 0.3) is 10.1 Å². The van der Waals surface area contributed by atoms with Gasteiger partial charge in [-0.15, -0.1) is 0 Å². The van der Waals surface area contributed by atoms with Crippen LogP contribution < -0.4 is 5.32 Å². The average Bonchev–Trinajstić information content (AvgIpc) is 1.85. The third-order valence-electron chi connectivity index (χ3n) is 1.04. The molecule has 2 N–H and O–H groups in total. The molecule has 0 aliphatic rings. The summed E-state index contributed by atoms with van der Waals surface area (Å²) >= 11 is 3.95. The van der Waals surface area contributed by atoms with E-state index in [1.165, 1.54) is 0 Å². The fraction of sp³-hybridized carbons (Fsp3) is 1.00. The molecule has 0 saturated heterocycles. The lowest BCUT2D eigenvalue weighted by Crippen LogP contribution is -2.20. The van der Waals surface area contributed by atoms with E-state index in [0.29, 0.717) is 13.0 Å². The van der Waals surface area contributed by atoms with Gasteiger partial charge >= 0.3 is 0 Å². The number of hydrogen-bond acceptors (Lipinski definition) is 4. The largest absolute Gasteiger partial charge is 0.316 e. The van der Waals surface area contributed by atoms with Gasteiger partial charge in [-0.25, -0.2) is 0 Å². The summed E-state index contributed by atoms with van der Waals surface area (Å²) in [5.74, 6) is 0.554. The molecule has 6 heteroatoms. The molecule has 0 fully saturated rings. The molecule has 0 amide bonds. The van der Waals surface area contributed by atoms with E-state index in [-0.39, 0.29) is 5.75 Å². The third-order valence-corrected chi connectivity index (χ3v) is 2.07.